The first-order valence-electron chi connectivity index (χ1n) is 7.41. The van der Waals surface area contributed by atoms with E-state index < -0.39 is 0 Å². The quantitative estimate of drug-likeness (QED) is 0.905. The van der Waals surface area contributed by atoms with Gasteiger partial charge in [-0.15, -0.1) is 12.4 Å². The van der Waals surface area contributed by atoms with Crippen molar-refractivity contribution in [1.29, 1.82) is 0 Å². The first-order chi connectivity index (χ1) is 10.3. The van der Waals surface area contributed by atoms with Crippen LogP contribution in [0.3, 0.4) is 0 Å². The zero-order valence-corrected chi connectivity index (χ0v) is 13.2. The molecule has 2 aromatic rings. The summed E-state index contributed by atoms with van der Waals surface area (Å²) in [5.41, 5.74) is 1.23. The number of ether oxygens (including phenoxy) is 1. The van der Waals surface area contributed by atoms with Crippen LogP contribution in [0.1, 0.15) is 5.56 Å². The monoisotopic (exact) mass is 320 g/mol. The average Bonchev–Trinajstić information content (AvgIpc) is 2.55. The molecule has 118 valence electrons. The van der Waals surface area contributed by atoms with Gasteiger partial charge >= 0.3 is 0 Å². The van der Waals surface area contributed by atoms with Gasteiger partial charge in [0.25, 0.3) is 0 Å². The third kappa shape index (κ3) is 4.19. The van der Waals surface area contributed by atoms with E-state index in [0.29, 0.717) is 19.7 Å². The molecule has 1 aliphatic rings. The van der Waals surface area contributed by atoms with Gasteiger partial charge in [0.15, 0.2) is 0 Å². The van der Waals surface area contributed by atoms with Crippen LogP contribution in [-0.2, 0) is 16.0 Å². The third-order valence-corrected chi connectivity index (χ3v) is 3.75. The summed E-state index contributed by atoms with van der Waals surface area (Å²) in [5, 5.41) is 8.58. The fourth-order valence-corrected chi connectivity index (χ4v) is 2.57. The van der Waals surface area contributed by atoms with Crippen LogP contribution < -0.4 is 10.6 Å². The van der Waals surface area contributed by atoms with Crippen molar-refractivity contribution in [3.63, 3.8) is 0 Å². The van der Waals surface area contributed by atoms with Crippen molar-refractivity contribution in [3.8, 4) is 0 Å². The molecule has 0 aliphatic carbocycles. The minimum atomic E-state index is -0.352. The highest BCUT2D eigenvalue weighted by Crippen LogP contribution is 2.15. The minimum absolute atomic E-state index is 0. The van der Waals surface area contributed by atoms with E-state index in [1.165, 1.54) is 16.3 Å². The Balaban J connectivity index is 0.00000176. The maximum Gasteiger partial charge on any atom is 0.250 e. The number of rotatable bonds is 4. The number of fused-ring (bicyclic) bond motifs is 1. The molecule has 1 amide bonds. The molecule has 4 nitrogen and oxygen atoms in total. The van der Waals surface area contributed by atoms with Crippen LogP contribution in [0, 0.1) is 0 Å². The summed E-state index contributed by atoms with van der Waals surface area (Å²) in [4.78, 5) is 11.9. The second-order valence-corrected chi connectivity index (χ2v) is 5.29. The van der Waals surface area contributed by atoms with Crippen molar-refractivity contribution in [2.45, 2.75) is 12.5 Å². The Hall–Kier alpha value is -1.62. The zero-order chi connectivity index (χ0) is 14.5. The third-order valence-electron chi connectivity index (χ3n) is 3.75. The number of morpholine rings is 1. The van der Waals surface area contributed by atoms with Gasteiger partial charge in [0.2, 0.25) is 5.91 Å². The zero-order valence-electron chi connectivity index (χ0n) is 12.4. The van der Waals surface area contributed by atoms with Crippen LogP contribution in [0.4, 0.5) is 0 Å². The van der Waals surface area contributed by atoms with E-state index in [9.17, 15) is 4.79 Å². The number of nitrogens with one attached hydrogen (secondary N) is 2. The predicted octanol–water partition coefficient (Wildman–Crippen LogP) is 1.91. The fourth-order valence-electron chi connectivity index (χ4n) is 2.57. The lowest BCUT2D eigenvalue weighted by Gasteiger charge is -2.22. The largest absolute Gasteiger partial charge is 0.366 e. The molecule has 0 radical (unpaired) electrons. The lowest BCUT2D eigenvalue weighted by Crippen LogP contribution is -2.48. The molecule has 0 bridgehead atoms. The molecule has 1 unspecified atom stereocenters. The molecule has 22 heavy (non-hydrogen) atoms. The molecule has 1 heterocycles. The van der Waals surface area contributed by atoms with Crippen LogP contribution >= 0.6 is 12.4 Å². The minimum Gasteiger partial charge on any atom is -0.366 e. The maximum atomic E-state index is 11.9. The van der Waals surface area contributed by atoms with Gasteiger partial charge in [-0.25, -0.2) is 0 Å². The summed E-state index contributed by atoms with van der Waals surface area (Å²) < 4.78 is 5.43. The van der Waals surface area contributed by atoms with Crippen LogP contribution in [0.15, 0.2) is 42.5 Å². The lowest BCUT2D eigenvalue weighted by atomic mass is 10.1. The van der Waals surface area contributed by atoms with Gasteiger partial charge in [0, 0.05) is 19.6 Å². The summed E-state index contributed by atoms with van der Waals surface area (Å²) in [5.74, 6) is -0.0250. The van der Waals surface area contributed by atoms with E-state index >= 15 is 0 Å². The molecule has 1 aliphatic heterocycles. The number of carbonyl (C=O) groups is 1. The SMILES string of the molecule is Cl.O=C(NCCc1ccc2ccccc2c1)C1CNCCO1. The standard InChI is InChI=1S/C17H20N2O2.ClH/c20-17(16-12-18-9-10-21-16)19-8-7-13-5-6-14-3-1-2-4-15(14)11-13;/h1-6,11,16,18H,7-10,12H2,(H,19,20);1H. The molecule has 1 fully saturated rings. The second kappa shape index (κ2) is 8.13. The molecular weight excluding hydrogens is 300 g/mol. The van der Waals surface area contributed by atoms with Crippen LogP contribution in [0.25, 0.3) is 10.8 Å². The molecule has 0 saturated carbocycles. The number of amides is 1. The van der Waals surface area contributed by atoms with Crippen molar-refractivity contribution < 1.29 is 9.53 Å². The van der Waals surface area contributed by atoms with E-state index in [4.69, 9.17) is 4.74 Å². The molecule has 0 spiro atoms. The van der Waals surface area contributed by atoms with E-state index in [1.807, 2.05) is 12.1 Å². The summed E-state index contributed by atoms with van der Waals surface area (Å²) in [6.45, 7) is 2.66. The van der Waals surface area contributed by atoms with Crippen molar-refractivity contribution in [2.75, 3.05) is 26.2 Å². The molecule has 2 N–H and O–H groups in total. The number of benzene rings is 2. The molecule has 1 atom stereocenters. The van der Waals surface area contributed by atoms with E-state index in [-0.39, 0.29) is 24.4 Å². The first-order valence-corrected chi connectivity index (χ1v) is 7.41. The topological polar surface area (TPSA) is 50.4 Å². The fraction of sp³-hybridized carbons (Fsp3) is 0.353. The average molecular weight is 321 g/mol. The summed E-state index contributed by atoms with van der Waals surface area (Å²) in [6.07, 6.45) is 0.479. The van der Waals surface area contributed by atoms with Crippen LogP contribution in [-0.4, -0.2) is 38.3 Å². The highest BCUT2D eigenvalue weighted by Gasteiger charge is 2.20. The van der Waals surface area contributed by atoms with Gasteiger partial charge in [0.1, 0.15) is 6.10 Å². The predicted molar refractivity (Wildman–Crippen MR) is 90.5 cm³/mol. The molecule has 3 rings (SSSR count). The molecular formula is C17H21ClN2O2. The Labute approximate surface area is 136 Å². The van der Waals surface area contributed by atoms with Gasteiger partial charge in [0.05, 0.1) is 6.61 Å². The van der Waals surface area contributed by atoms with Gasteiger partial charge in [-0.3, -0.25) is 4.79 Å². The number of halogens is 1. The van der Waals surface area contributed by atoms with Crippen molar-refractivity contribution in [1.82, 2.24) is 10.6 Å². The Bertz CT molecular complexity index is 627. The van der Waals surface area contributed by atoms with Gasteiger partial charge in [-0.2, -0.15) is 0 Å². The summed E-state index contributed by atoms with van der Waals surface area (Å²) in [7, 11) is 0. The van der Waals surface area contributed by atoms with E-state index in [0.717, 1.165) is 13.0 Å². The van der Waals surface area contributed by atoms with E-state index in [1.54, 1.807) is 0 Å². The number of hydrogen-bond donors (Lipinski definition) is 2. The normalized spacial score (nSPS) is 17.7. The summed E-state index contributed by atoms with van der Waals surface area (Å²) >= 11 is 0. The van der Waals surface area contributed by atoms with Gasteiger partial charge < -0.3 is 15.4 Å². The molecule has 1 saturated heterocycles. The number of carbonyl (C=O) groups excluding carboxylic acids is 1. The Morgan fingerprint density at radius 2 is 2.05 bits per heavy atom. The molecule has 2 aromatic carbocycles. The highest BCUT2D eigenvalue weighted by molar-refractivity contribution is 5.85. The van der Waals surface area contributed by atoms with Gasteiger partial charge in [-0.1, -0.05) is 42.5 Å². The first kappa shape index (κ1) is 16.7. The number of hydrogen-bond acceptors (Lipinski definition) is 3. The van der Waals surface area contributed by atoms with Crippen molar-refractivity contribution >= 4 is 29.1 Å². The summed E-state index contributed by atoms with van der Waals surface area (Å²) in [6, 6.07) is 14.7. The van der Waals surface area contributed by atoms with Crippen molar-refractivity contribution in [3.05, 3.63) is 48.0 Å². The van der Waals surface area contributed by atoms with Gasteiger partial charge in [-0.05, 0) is 22.8 Å². The van der Waals surface area contributed by atoms with Crippen molar-refractivity contribution in [2.24, 2.45) is 0 Å². The maximum absolute atomic E-state index is 11.9. The highest BCUT2D eigenvalue weighted by atomic mass is 35.5. The second-order valence-electron chi connectivity index (χ2n) is 5.29. The molecule has 0 aromatic heterocycles. The smallest absolute Gasteiger partial charge is 0.250 e. The van der Waals surface area contributed by atoms with E-state index in [2.05, 4.69) is 41.0 Å². The lowest BCUT2D eigenvalue weighted by molar-refractivity contribution is -0.134. The van der Waals surface area contributed by atoms with Crippen LogP contribution in [0.5, 0.6) is 0 Å². The Kier molecular flexibility index (Phi) is 6.19. The Morgan fingerprint density at radius 3 is 2.82 bits per heavy atom. The molecule has 5 heteroatoms. The van der Waals surface area contributed by atoms with Crippen LogP contribution in [0.2, 0.25) is 0 Å². The Morgan fingerprint density at radius 1 is 1.23 bits per heavy atom.